The molecule has 2 aromatic heterocycles. The molecule has 2 aliphatic rings. The van der Waals surface area contributed by atoms with E-state index in [2.05, 4.69) is 20.2 Å². The number of carbonyl (C=O) groups is 1. The number of halogens is 2. The van der Waals surface area contributed by atoms with Gasteiger partial charge in [-0.2, -0.15) is 0 Å². The molecule has 7 nitrogen and oxygen atoms in total. The van der Waals surface area contributed by atoms with Crippen molar-refractivity contribution in [2.24, 2.45) is 5.92 Å². The third-order valence-electron chi connectivity index (χ3n) is 6.81. The lowest BCUT2D eigenvalue weighted by Crippen LogP contribution is -2.39. The molecule has 1 aliphatic carbocycles. The molecule has 1 aliphatic heterocycles. The van der Waals surface area contributed by atoms with Crippen LogP contribution in [0.5, 0.6) is 5.88 Å². The van der Waals surface area contributed by atoms with Crippen LogP contribution in [0.25, 0.3) is 0 Å². The zero-order chi connectivity index (χ0) is 23.9. The Morgan fingerprint density at radius 3 is 2.76 bits per heavy atom. The van der Waals surface area contributed by atoms with Crippen LogP contribution in [0.4, 0.5) is 8.78 Å². The molecule has 0 bridgehead atoms. The van der Waals surface area contributed by atoms with Crippen LogP contribution >= 0.6 is 0 Å². The summed E-state index contributed by atoms with van der Waals surface area (Å²) in [5.74, 6) is 2.13. The van der Waals surface area contributed by atoms with Crippen LogP contribution in [-0.2, 0) is 24.1 Å². The van der Waals surface area contributed by atoms with Crippen molar-refractivity contribution in [2.45, 2.75) is 70.8 Å². The topological polar surface area (TPSA) is 80.5 Å². The predicted octanol–water partition coefficient (Wildman–Crippen LogP) is 3.73. The molecule has 1 saturated carbocycles. The molecule has 0 atom stereocenters. The fraction of sp³-hybridized carbons (Fsp3) is 0.640. The number of hydrogen-bond acceptors (Lipinski definition) is 6. The minimum absolute atomic E-state index is 0.0224. The van der Waals surface area contributed by atoms with E-state index in [-0.39, 0.29) is 24.2 Å². The third-order valence-corrected chi connectivity index (χ3v) is 6.81. The molecule has 0 radical (unpaired) electrons. The number of fused-ring (bicyclic) bond motifs is 1. The first-order valence-corrected chi connectivity index (χ1v) is 12.3. The molecular formula is C25H34F2N4O3. The van der Waals surface area contributed by atoms with Gasteiger partial charge in [-0.05, 0) is 63.5 Å². The molecular weight excluding hydrogens is 442 g/mol. The molecule has 34 heavy (non-hydrogen) atoms. The van der Waals surface area contributed by atoms with Gasteiger partial charge >= 0.3 is 0 Å². The van der Waals surface area contributed by atoms with Gasteiger partial charge in [0.15, 0.2) is 6.61 Å². The number of nitrogens with one attached hydrogen (secondary N) is 1. The third kappa shape index (κ3) is 7.22. The van der Waals surface area contributed by atoms with Crippen molar-refractivity contribution in [3.63, 3.8) is 0 Å². The van der Waals surface area contributed by atoms with Gasteiger partial charge in [0.2, 0.25) is 17.7 Å². The van der Waals surface area contributed by atoms with Crippen molar-refractivity contribution < 1.29 is 22.7 Å². The second-order valence-corrected chi connectivity index (χ2v) is 9.41. The van der Waals surface area contributed by atoms with E-state index in [1.807, 2.05) is 13.0 Å². The predicted molar refractivity (Wildman–Crippen MR) is 123 cm³/mol. The van der Waals surface area contributed by atoms with E-state index >= 15 is 0 Å². The number of oxazole rings is 1. The number of rotatable bonds is 9. The van der Waals surface area contributed by atoms with Gasteiger partial charge in [-0.3, -0.25) is 4.79 Å². The summed E-state index contributed by atoms with van der Waals surface area (Å²) in [6, 6.07) is 3.89. The lowest BCUT2D eigenvalue weighted by Gasteiger charge is -2.30. The molecule has 3 heterocycles. The zero-order valence-electron chi connectivity index (χ0n) is 19.8. The first-order chi connectivity index (χ1) is 16.4. The van der Waals surface area contributed by atoms with E-state index < -0.39 is 13.0 Å². The van der Waals surface area contributed by atoms with Crippen molar-refractivity contribution in [3.8, 4) is 5.88 Å². The summed E-state index contributed by atoms with van der Waals surface area (Å²) >= 11 is 0. The highest BCUT2D eigenvalue weighted by Crippen LogP contribution is 2.28. The number of aromatic nitrogens is 2. The first-order valence-electron chi connectivity index (χ1n) is 12.3. The van der Waals surface area contributed by atoms with Crippen molar-refractivity contribution >= 4 is 5.91 Å². The van der Waals surface area contributed by atoms with Gasteiger partial charge in [0.1, 0.15) is 12.2 Å². The Labute approximate surface area is 199 Å². The number of alkyl halides is 2. The van der Waals surface area contributed by atoms with Crippen LogP contribution in [0.1, 0.15) is 55.0 Å². The zero-order valence-corrected chi connectivity index (χ0v) is 19.8. The van der Waals surface area contributed by atoms with Gasteiger partial charge in [-0.25, -0.2) is 18.7 Å². The molecule has 1 N–H and O–H groups in total. The van der Waals surface area contributed by atoms with Crippen LogP contribution < -0.4 is 10.1 Å². The van der Waals surface area contributed by atoms with Gasteiger partial charge in [0, 0.05) is 37.3 Å². The molecule has 1 fully saturated rings. The number of amides is 1. The summed E-state index contributed by atoms with van der Waals surface area (Å²) in [7, 11) is 0. The molecule has 2 aromatic rings. The van der Waals surface area contributed by atoms with Crippen molar-refractivity contribution in [2.75, 3.05) is 26.2 Å². The number of ether oxygens (including phenoxy) is 1. The average molecular weight is 477 g/mol. The second kappa shape index (κ2) is 11.7. The fourth-order valence-corrected chi connectivity index (χ4v) is 4.92. The van der Waals surface area contributed by atoms with Gasteiger partial charge in [-0.15, -0.1) is 0 Å². The summed E-state index contributed by atoms with van der Waals surface area (Å²) in [5.41, 5.74) is 2.15. The maximum absolute atomic E-state index is 12.4. The Morgan fingerprint density at radius 2 is 2.03 bits per heavy atom. The standard InChI is InChI=1S/C25H34F2N4O3/c1-17-15-28-25(34-17)14-23(32)29-20-5-2-18(3-6-20)8-11-31-12-9-19-4-7-24(33-16-22(26)27)30-21(19)10-13-31/h4,7,15,18,20,22H,2-3,5-6,8-14,16H2,1H3,(H,29,32)/t18-,20-. The van der Waals surface area contributed by atoms with Crippen molar-refractivity contribution in [1.82, 2.24) is 20.2 Å². The normalized spacial score (nSPS) is 21.2. The minimum Gasteiger partial charge on any atom is -0.472 e. The van der Waals surface area contributed by atoms with E-state index in [1.54, 1.807) is 12.3 Å². The average Bonchev–Trinajstić information content (AvgIpc) is 3.11. The number of nitrogens with zero attached hydrogens (tertiary/aromatic N) is 3. The quantitative estimate of drug-likeness (QED) is 0.594. The molecule has 0 spiro atoms. The summed E-state index contributed by atoms with van der Waals surface area (Å²) in [5, 5.41) is 3.13. The van der Waals surface area contributed by atoms with Crippen molar-refractivity contribution in [1.29, 1.82) is 0 Å². The van der Waals surface area contributed by atoms with Crippen LogP contribution in [0, 0.1) is 12.8 Å². The molecule has 4 rings (SSSR count). The number of hydrogen-bond donors (Lipinski definition) is 1. The van der Waals surface area contributed by atoms with Gasteiger partial charge in [0.25, 0.3) is 6.43 Å². The van der Waals surface area contributed by atoms with Gasteiger partial charge in [-0.1, -0.05) is 6.07 Å². The summed E-state index contributed by atoms with van der Waals surface area (Å²) in [6.45, 7) is 4.15. The molecule has 0 aromatic carbocycles. The van der Waals surface area contributed by atoms with E-state index in [0.29, 0.717) is 11.8 Å². The Kier molecular flexibility index (Phi) is 8.48. The van der Waals surface area contributed by atoms with E-state index in [9.17, 15) is 13.6 Å². The Balaban J connectivity index is 1.15. The number of aryl methyl sites for hydroxylation is 1. The minimum atomic E-state index is -2.49. The number of pyridine rings is 1. The molecule has 1 amide bonds. The SMILES string of the molecule is Cc1cnc(CC(=O)N[C@H]2CC[C@H](CCN3CCc4ccc(OCC(F)F)nc4CC3)CC2)o1. The maximum atomic E-state index is 12.4. The summed E-state index contributed by atoms with van der Waals surface area (Å²) in [6.07, 6.45) is 6.50. The summed E-state index contributed by atoms with van der Waals surface area (Å²) in [4.78, 5) is 23.3. The highest BCUT2D eigenvalue weighted by molar-refractivity contribution is 5.77. The first kappa shape index (κ1) is 24.6. The van der Waals surface area contributed by atoms with Crippen LogP contribution in [0.2, 0.25) is 0 Å². The fourth-order valence-electron chi connectivity index (χ4n) is 4.92. The van der Waals surface area contributed by atoms with E-state index in [4.69, 9.17) is 9.15 Å². The van der Waals surface area contributed by atoms with Crippen molar-refractivity contribution in [3.05, 3.63) is 41.2 Å². The Morgan fingerprint density at radius 1 is 1.24 bits per heavy atom. The maximum Gasteiger partial charge on any atom is 0.272 e. The molecule has 0 saturated heterocycles. The summed E-state index contributed by atoms with van der Waals surface area (Å²) < 4.78 is 35.3. The monoisotopic (exact) mass is 476 g/mol. The smallest absolute Gasteiger partial charge is 0.272 e. The van der Waals surface area contributed by atoms with Gasteiger partial charge < -0.3 is 19.4 Å². The molecule has 186 valence electrons. The van der Waals surface area contributed by atoms with Crippen LogP contribution in [-0.4, -0.2) is 59.5 Å². The van der Waals surface area contributed by atoms with Gasteiger partial charge in [0.05, 0.1) is 6.20 Å². The molecule has 0 unspecified atom stereocenters. The van der Waals surface area contributed by atoms with E-state index in [0.717, 1.165) is 76.0 Å². The van der Waals surface area contributed by atoms with E-state index in [1.165, 1.54) is 5.56 Å². The lowest BCUT2D eigenvalue weighted by atomic mass is 9.84. The second-order valence-electron chi connectivity index (χ2n) is 9.41. The van der Waals surface area contributed by atoms with Crippen LogP contribution in [0.15, 0.2) is 22.7 Å². The highest BCUT2D eigenvalue weighted by atomic mass is 19.3. The molecule has 9 heteroatoms. The van der Waals surface area contributed by atoms with Crippen LogP contribution in [0.3, 0.4) is 0 Å². The lowest BCUT2D eigenvalue weighted by molar-refractivity contribution is -0.121. The highest BCUT2D eigenvalue weighted by Gasteiger charge is 2.24. The largest absolute Gasteiger partial charge is 0.472 e. The Hall–Kier alpha value is -2.55. The Bertz CT molecular complexity index is 944. The number of carbonyl (C=O) groups excluding carboxylic acids is 1.